The van der Waals surface area contributed by atoms with E-state index >= 15 is 0 Å². The number of benzene rings is 2. The van der Waals surface area contributed by atoms with Gasteiger partial charge in [0.15, 0.2) is 5.90 Å². The van der Waals surface area contributed by atoms with Crippen LogP contribution in [0.25, 0.3) is 0 Å². The number of rotatable bonds is 6. The van der Waals surface area contributed by atoms with E-state index in [1.165, 1.54) is 11.1 Å². The number of nitrogens with one attached hydrogen (secondary N) is 1. The topological polar surface area (TPSA) is 56.9 Å². The van der Waals surface area contributed by atoms with E-state index in [0.717, 1.165) is 17.5 Å². The molecule has 0 fully saturated rings. The third kappa shape index (κ3) is 6.59. The quantitative estimate of drug-likeness (QED) is 0.319. The second kappa shape index (κ2) is 9.30. The summed E-state index contributed by atoms with van der Waals surface area (Å²) in [5, 5.41) is 17.7. The second-order valence-corrected chi connectivity index (χ2v) is 9.98. The van der Waals surface area contributed by atoms with Gasteiger partial charge in [0.2, 0.25) is 0 Å². The van der Waals surface area contributed by atoms with Crippen molar-refractivity contribution < 1.29 is 4.74 Å². The number of nitriles is 1. The molecular weight excluding hydrogens is 368 g/mol. The van der Waals surface area contributed by atoms with E-state index in [0.29, 0.717) is 12.2 Å². The van der Waals surface area contributed by atoms with Crippen molar-refractivity contribution >= 4 is 5.90 Å². The summed E-state index contributed by atoms with van der Waals surface area (Å²) in [6.07, 6.45) is 1.49. The van der Waals surface area contributed by atoms with Crippen LogP contribution >= 0.6 is 0 Å². The fourth-order valence-electron chi connectivity index (χ4n) is 2.82. The lowest BCUT2D eigenvalue weighted by Gasteiger charge is -2.22. The zero-order valence-electron chi connectivity index (χ0n) is 19.2. The molecule has 0 saturated carbocycles. The van der Waals surface area contributed by atoms with Crippen LogP contribution in [0.1, 0.15) is 64.2 Å². The highest BCUT2D eigenvalue weighted by Crippen LogP contribution is 2.28. The van der Waals surface area contributed by atoms with Crippen LogP contribution in [0.5, 0.6) is 5.75 Å². The van der Waals surface area contributed by atoms with Gasteiger partial charge in [0.25, 0.3) is 0 Å². The summed E-state index contributed by atoms with van der Waals surface area (Å²) in [7, 11) is 0. The van der Waals surface area contributed by atoms with Gasteiger partial charge in [-0.3, -0.25) is 5.41 Å². The molecule has 0 aliphatic carbocycles. The van der Waals surface area contributed by atoms with Crippen LogP contribution in [0, 0.1) is 27.6 Å². The van der Waals surface area contributed by atoms with Gasteiger partial charge in [-0.2, -0.15) is 5.26 Å². The largest absolute Gasteiger partial charge is 0.443 e. The van der Waals surface area contributed by atoms with E-state index in [1.807, 2.05) is 45.0 Å². The molecule has 0 heterocycles. The zero-order chi connectivity index (χ0) is 22.5. The summed E-state index contributed by atoms with van der Waals surface area (Å²) in [4.78, 5) is 0. The summed E-state index contributed by atoms with van der Waals surface area (Å²) < 4.78 is 5.63. The van der Waals surface area contributed by atoms with Crippen LogP contribution in [-0.4, -0.2) is 5.90 Å². The Balaban J connectivity index is 2.04. The SMILES string of the molecule is C=C(Cc1ccc(C(C#N)Cc2ccc(OC(=N)C(C)(C)C)cc2)cc1)C(C)(C)C. The van der Waals surface area contributed by atoms with Gasteiger partial charge < -0.3 is 4.74 Å². The predicted molar refractivity (Wildman–Crippen MR) is 125 cm³/mol. The monoisotopic (exact) mass is 402 g/mol. The van der Waals surface area contributed by atoms with Crippen LogP contribution in [0.2, 0.25) is 0 Å². The molecule has 2 aromatic carbocycles. The molecular formula is C27H34N2O. The first-order chi connectivity index (χ1) is 13.9. The minimum Gasteiger partial charge on any atom is -0.443 e. The second-order valence-electron chi connectivity index (χ2n) is 9.98. The summed E-state index contributed by atoms with van der Waals surface area (Å²) in [6.45, 7) is 16.6. The van der Waals surface area contributed by atoms with Gasteiger partial charge in [0.1, 0.15) is 5.75 Å². The molecule has 1 N–H and O–H groups in total. The molecule has 0 aliphatic heterocycles. The number of allylic oxidation sites excluding steroid dienone is 1. The van der Waals surface area contributed by atoms with Gasteiger partial charge >= 0.3 is 0 Å². The Kier molecular flexibility index (Phi) is 7.26. The van der Waals surface area contributed by atoms with E-state index in [-0.39, 0.29) is 22.6 Å². The Labute approximate surface area is 181 Å². The van der Waals surface area contributed by atoms with Gasteiger partial charge in [-0.1, -0.05) is 90.1 Å². The lowest BCUT2D eigenvalue weighted by Crippen LogP contribution is -2.24. The standard InChI is InChI=1S/C27H34N2O/c1-19(26(2,3)4)16-20-8-12-22(13-9-20)23(18-28)17-21-10-14-24(15-11-21)30-25(29)27(5,6)7/h8-15,23,29H,1,16-17H2,2-7H3. The fraction of sp³-hybridized carbons (Fsp3) is 0.407. The maximum atomic E-state index is 9.71. The van der Waals surface area contributed by atoms with Crippen LogP contribution in [-0.2, 0) is 12.8 Å². The van der Waals surface area contributed by atoms with Crippen molar-refractivity contribution in [3.8, 4) is 11.8 Å². The van der Waals surface area contributed by atoms with Crippen LogP contribution in [0.3, 0.4) is 0 Å². The highest BCUT2D eigenvalue weighted by molar-refractivity contribution is 5.80. The third-order valence-corrected chi connectivity index (χ3v) is 5.28. The lowest BCUT2D eigenvalue weighted by atomic mass is 9.83. The van der Waals surface area contributed by atoms with Crippen molar-refractivity contribution in [2.75, 3.05) is 0 Å². The van der Waals surface area contributed by atoms with Gasteiger partial charge in [-0.15, -0.1) is 0 Å². The summed E-state index contributed by atoms with van der Waals surface area (Å²) in [6, 6.07) is 18.4. The maximum Gasteiger partial charge on any atom is 0.192 e. The zero-order valence-corrected chi connectivity index (χ0v) is 19.2. The van der Waals surface area contributed by atoms with Crippen LogP contribution in [0.15, 0.2) is 60.7 Å². The molecule has 0 bridgehead atoms. The Morgan fingerprint density at radius 3 is 1.93 bits per heavy atom. The first-order valence-corrected chi connectivity index (χ1v) is 10.4. The van der Waals surface area contributed by atoms with E-state index in [2.05, 4.69) is 57.7 Å². The molecule has 2 aromatic rings. The molecule has 0 aliphatic rings. The molecule has 0 amide bonds. The van der Waals surface area contributed by atoms with Crippen molar-refractivity contribution in [3.63, 3.8) is 0 Å². The Morgan fingerprint density at radius 2 is 1.47 bits per heavy atom. The molecule has 30 heavy (non-hydrogen) atoms. The molecule has 3 heteroatoms. The van der Waals surface area contributed by atoms with E-state index in [1.54, 1.807) is 0 Å². The highest BCUT2D eigenvalue weighted by Gasteiger charge is 2.20. The first-order valence-electron chi connectivity index (χ1n) is 10.4. The van der Waals surface area contributed by atoms with E-state index in [9.17, 15) is 5.26 Å². The van der Waals surface area contributed by atoms with E-state index < -0.39 is 0 Å². The molecule has 0 saturated heterocycles. The van der Waals surface area contributed by atoms with Gasteiger partial charge in [-0.05, 0) is 47.1 Å². The molecule has 0 aromatic heterocycles. The molecule has 1 unspecified atom stereocenters. The normalized spacial score (nSPS) is 12.7. The minimum atomic E-state index is -0.323. The van der Waals surface area contributed by atoms with Gasteiger partial charge in [0, 0.05) is 5.41 Å². The molecule has 158 valence electrons. The van der Waals surface area contributed by atoms with Crippen molar-refractivity contribution in [1.82, 2.24) is 0 Å². The number of ether oxygens (including phenoxy) is 1. The van der Waals surface area contributed by atoms with Crippen LogP contribution in [0.4, 0.5) is 0 Å². The maximum absolute atomic E-state index is 9.71. The Hall–Kier alpha value is -2.86. The molecule has 0 spiro atoms. The average molecular weight is 403 g/mol. The number of nitrogens with zero attached hydrogens (tertiary/aromatic N) is 1. The minimum absolute atomic E-state index is 0.0924. The average Bonchev–Trinajstić information content (AvgIpc) is 2.66. The molecule has 1 atom stereocenters. The summed E-state index contributed by atoms with van der Waals surface area (Å²) >= 11 is 0. The lowest BCUT2D eigenvalue weighted by molar-refractivity contribution is 0.428. The van der Waals surface area contributed by atoms with Gasteiger partial charge in [0.05, 0.1) is 12.0 Å². The van der Waals surface area contributed by atoms with Gasteiger partial charge in [-0.25, -0.2) is 0 Å². The van der Waals surface area contributed by atoms with Crippen molar-refractivity contribution in [3.05, 3.63) is 77.4 Å². The highest BCUT2D eigenvalue weighted by atomic mass is 16.5. The number of hydrogen-bond donors (Lipinski definition) is 1. The fourth-order valence-corrected chi connectivity index (χ4v) is 2.82. The van der Waals surface area contributed by atoms with Crippen molar-refractivity contribution in [2.45, 2.75) is 60.3 Å². The van der Waals surface area contributed by atoms with Crippen LogP contribution < -0.4 is 4.74 Å². The summed E-state index contributed by atoms with van der Waals surface area (Å²) in [5.41, 5.74) is 4.29. The molecule has 3 nitrogen and oxygen atoms in total. The summed E-state index contributed by atoms with van der Waals surface area (Å²) in [5.74, 6) is 0.680. The predicted octanol–water partition coefficient (Wildman–Crippen LogP) is 7.08. The number of hydrogen-bond acceptors (Lipinski definition) is 3. The first kappa shape index (κ1) is 23.4. The molecule has 2 rings (SSSR count). The van der Waals surface area contributed by atoms with E-state index in [4.69, 9.17) is 10.1 Å². The smallest absolute Gasteiger partial charge is 0.192 e. The molecule has 0 radical (unpaired) electrons. The third-order valence-electron chi connectivity index (χ3n) is 5.28. The Morgan fingerprint density at radius 1 is 0.933 bits per heavy atom. The van der Waals surface area contributed by atoms with Crippen molar-refractivity contribution in [2.24, 2.45) is 10.8 Å². The van der Waals surface area contributed by atoms with Crippen molar-refractivity contribution in [1.29, 1.82) is 10.7 Å². The Bertz CT molecular complexity index is 917.